The summed E-state index contributed by atoms with van der Waals surface area (Å²) in [5.41, 5.74) is -1.19. The molecule has 0 saturated carbocycles. The third kappa shape index (κ3) is 8.21. The molecule has 35 heavy (non-hydrogen) atoms. The largest absolute Gasteiger partial charge is 0.469 e. The number of carbonyl (C=O) groups excluding carboxylic acids is 3. The minimum atomic E-state index is -2.09. The average molecular weight is 517 g/mol. The van der Waals surface area contributed by atoms with Gasteiger partial charge in [-0.05, 0) is 30.6 Å². The predicted octanol–water partition coefficient (Wildman–Crippen LogP) is 3.13. The number of hydrogen-bond acceptors (Lipinski definition) is 9. The van der Waals surface area contributed by atoms with Crippen LogP contribution in [0.15, 0.2) is 12.2 Å². The molecule has 0 radical (unpaired) electrons. The third-order valence-corrected chi connectivity index (χ3v) is 11.7. The number of hydrogen-bond donors (Lipinski definition) is 2. The van der Waals surface area contributed by atoms with Gasteiger partial charge in [0.15, 0.2) is 14.4 Å². The van der Waals surface area contributed by atoms with E-state index in [0.29, 0.717) is 6.29 Å². The van der Waals surface area contributed by atoms with Gasteiger partial charge in [-0.25, -0.2) is 0 Å². The maximum Gasteiger partial charge on any atom is 0.305 e. The topological polar surface area (TPSA) is 129 Å². The maximum absolute atomic E-state index is 12.2. The Morgan fingerprint density at radius 2 is 1.83 bits per heavy atom. The van der Waals surface area contributed by atoms with Gasteiger partial charge in [-0.1, -0.05) is 40.7 Å². The lowest BCUT2D eigenvalue weighted by molar-refractivity contribution is -0.352. The molecule has 1 aliphatic heterocycles. The highest BCUT2D eigenvalue weighted by molar-refractivity contribution is 6.74. The number of aliphatic hydroxyl groups is 2. The summed E-state index contributed by atoms with van der Waals surface area (Å²) in [6.07, 6.45) is 0.745. The Bertz CT molecular complexity index is 771. The van der Waals surface area contributed by atoms with Gasteiger partial charge in [0.1, 0.15) is 6.29 Å². The summed E-state index contributed by atoms with van der Waals surface area (Å²) < 4.78 is 22.6. The molecule has 5 atom stereocenters. The zero-order chi connectivity index (χ0) is 27.2. The molecule has 0 aromatic carbocycles. The number of ether oxygens (including phenoxy) is 3. The summed E-state index contributed by atoms with van der Waals surface area (Å²) in [7, 11) is -0.832. The van der Waals surface area contributed by atoms with E-state index in [0.717, 1.165) is 0 Å². The van der Waals surface area contributed by atoms with Gasteiger partial charge in [-0.15, -0.1) is 0 Å². The number of esters is 2. The van der Waals surface area contributed by atoms with Gasteiger partial charge in [-0.2, -0.15) is 0 Å². The van der Waals surface area contributed by atoms with E-state index in [2.05, 4.69) is 33.9 Å². The molecule has 202 valence electrons. The highest BCUT2D eigenvalue weighted by Gasteiger charge is 2.59. The van der Waals surface area contributed by atoms with E-state index in [-0.39, 0.29) is 30.9 Å². The number of aldehydes is 1. The average Bonchev–Trinajstić information content (AvgIpc) is 2.72. The molecule has 0 spiro atoms. The zero-order valence-corrected chi connectivity index (χ0v) is 23.6. The lowest BCUT2D eigenvalue weighted by Crippen LogP contribution is -2.64. The Balaban J connectivity index is 3.27. The van der Waals surface area contributed by atoms with E-state index >= 15 is 0 Å². The van der Waals surface area contributed by atoms with Crippen molar-refractivity contribution in [1.82, 2.24) is 0 Å². The normalized spacial score (nSPS) is 26.9. The first-order chi connectivity index (χ1) is 15.9. The summed E-state index contributed by atoms with van der Waals surface area (Å²) in [6, 6.07) is 0. The van der Waals surface area contributed by atoms with Crippen LogP contribution in [-0.4, -0.2) is 74.6 Å². The first kappa shape index (κ1) is 31.4. The molecule has 0 aliphatic carbocycles. The Hall–Kier alpha value is -1.59. The van der Waals surface area contributed by atoms with E-state index in [4.69, 9.17) is 18.6 Å². The molecule has 10 heteroatoms. The fourth-order valence-corrected chi connectivity index (χ4v) is 4.99. The predicted molar refractivity (Wildman–Crippen MR) is 133 cm³/mol. The number of allylic oxidation sites excluding steroid dienone is 1. The monoisotopic (exact) mass is 516 g/mol. The molecule has 0 amide bonds. The minimum absolute atomic E-state index is 0.0217. The Morgan fingerprint density at radius 1 is 1.23 bits per heavy atom. The summed E-state index contributed by atoms with van der Waals surface area (Å²) in [6.45, 7) is 15.1. The summed E-state index contributed by atoms with van der Waals surface area (Å²) in [5.74, 6) is -3.91. The van der Waals surface area contributed by atoms with Crippen LogP contribution in [-0.2, 0) is 33.0 Å². The Morgan fingerprint density at radius 3 is 2.31 bits per heavy atom. The zero-order valence-electron chi connectivity index (χ0n) is 22.6. The number of methoxy groups -OCH3 is 1. The fourth-order valence-electron chi connectivity index (χ4n) is 3.95. The quantitative estimate of drug-likeness (QED) is 0.184. The van der Waals surface area contributed by atoms with Crippen molar-refractivity contribution in [3.8, 4) is 0 Å². The number of carbonyl (C=O) groups is 3. The molecule has 1 unspecified atom stereocenters. The molecule has 1 heterocycles. The van der Waals surface area contributed by atoms with E-state index in [1.165, 1.54) is 26.2 Å². The van der Waals surface area contributed by atoms with Gasteiger partial charge in [0.2, 0.25) is 5.79 Å². The molecular formula is C25H44O9Si. The van der Waals surface area contributed by atoms with E-state index in [9.17, 15) is 24.6 Å². The smallest absolute Gasteiger partial charge is 0.305 e. The lowest BCUT2D eigenvalue weighted by atomic mass is 9.71. The van der Waals surface area contributed by atoms with Crippen LogP contribution in [0.5, 0.6) is 0 Å². The van der Waals surface area contributed by atoms with Crippen LogP contribution < -0.4 is 0 Å². The van der Waals surface area contributed by atoms with Crippen molar-refractivity contribution in [2.45, 2.75) is 103 Å². The lowest BCUT2D eigenvalue weighted by Gasteiger charge is -2.52. The van der Waals surface area contributed by atoms with Crippen molar-refractivity contribution in [3.05, 3.63) is 12.2 Å². The van der Waals surface area contributed by atoms with Gasteiger partial charge in [-0.3, -0.25) is 14.4 Å². The van der Waals surface area contributed by atoms with Crippen LogP contribution in [0.1, 0.15) is 60.8 Å². The van der Waals surface area contributed by atoms with Crippen LogP contribution in [0.2, 0.25) is 18.1 Å². The van der Waals surface area contributed by atoms with Gasteiger partial charge in [0.05, 0.1) is 32.3 Å². The van der Waals surface area contributed by atoms with Crippen LogP contribution >= 0.6 is 0 Å². The molecule has 1 aliphatic rings. The molecular weight excluding hydrogens is 472 g/mol. The highest BCUT2D eigenvalue weighted by Crippen LogP contribution is 2.47. The summed E-state index contributed by atoms with van der Waals surface area (Å²) in [5, 5.41) is 22.6. The van der Waals surface area contributed by atoms with E-state index in [1.54, 1.807) is 13.8 Å². The van der Waals surface area contributed by atoms with Gasteiger partial charge in [0, 0.05) is 24.7 Å². The van der Waals surface area contributed by atoms with Crippen molar-refractivity contribution in [2.75, 3.05) is 13.7 Å². The summed E-state index contributed by atoms with van der Waals surface area (Å²) >= 11 is 0. The van der Waals surface area contributed by atoms with Crippen LogP contribution in [0, 0.1) is 11.3 Å². The SMILES string of the molecule is COC(=O)CC1C[C@@H](C[C@@H](O)CO[Si](C)(C)C(C)(C)C)O[C@@](O)(C(C)(C)/C=C/C=O)[C@H]1OC(C)=O. The van der Waals surface area contributed by atoms with Crippen molar-refractivity contribution < 1.29 is 43.2 Å². The Labute approximate surface area is 210 Å². The van der Waals surface area contributed by atoms with Gasteiger partial charge < -0.3 is 28.8 Å². The molecule has 1 rings (SSSR count). The van der Waals surface area contributed by atoms with Crippen LogP contribution in [0.3, 0.4) is 0 Å². The van der Waals surface area contributed by atoms with E-state index in [1.807, 2.05) is 0 Å². The first-order valence-corrected chi connectivity index (χ1v) is 14.9. The van der Waals surface area contributed by atoms with Crippen molar-refractivity contribution in [1.29, 1.82) is 0 Å². The van der Waals surface area contributed by atoms with Gasteiger partial charge >= 0.3 is 11.9 Å². The van der Waals surface area contributed by atoms with Crippen molar-refractivity contribution in [3.63, 3.8) is 0 Å². The minimum Gasteiger partial charge on any atom is -0.469 e. The Kier molecular flexibility index (Phi) is 10.9. The van der Waals surface area contributed by atoms with Crippen LogP contribution in [0.25, 0.3) is 0 Å². The second-order valence-corrected chi connectivity index (χ2v) is 16.2. The van der Waals surface area contributed by atoms with Crippen LogP contribution in [0.4, 0.5) is 0 Å². The molecule has 1 fully saturated rings. The third-order valence-electron chi connectivity index (χ3n) is 7.17. The number of rotatable bonds is 11. The number of aliphatic hydroxyl groups excluding tert-OH is 1. The highest BCUT2D eigenvalue weighted by atomic mass is 28.4. The van der Waals surface area contributed by atoms with Crippen molar-refractivity contribution >= 4 is 26.5 Å². The van der Waals surface area contributed by atoms with Crippen molar-refractivity contribution in [2.24, 2.45) is 11.3 Å². The fraction of sp³-hybridized carbons (Fsp3) is 0.800. The van der Waals surface area contributed by atoms with E-state index < -0.39 is 55.7 Å². The molecule has 9 nitrogen and oxygen atoms in total. The second-order valence-electron chi connectivity index (χ2n) is 11.4. The molecule has 2 N–H and O–H groups in total. The first-order valence-electron chi connectivity index (χ1n) is 12.0. The molecule has 1 saturated heterocycles. The standard InChI is InChI=1S/C25H44O9Si/c1-17(27)33-22-18(14-21(29)31-7)13-20(34-25(22,30)24(5,6)11-10-12-26)15-19(28)16-32-35(8,9)23(2,3)4/h10-12,18-20,22,28,30H,13-16H2,1-9H3/b11-10+/t18?,19-,20+,22+,25-/m1/s1. The molecule has 0 aromatic rings. The van der Waals surface area contributed by atoms with Gasteiger partial charge in [0.25, 0.3) is 0 Å². The molecule has 0 aromatic heterocycles. The second kappa shape index (κ2) is 12.1. The maximum atomic E-state index is 12.2. The molecule has 0 bridgehead atoms. The summed E-state index contributed by atoms with van der Waals surface area (Å²) in [4.78, 5) is 35.1.